The molecule has 0 heterocycles. The Bertz CT molecular complexity index is 200. The van der Waals surface area contributed by atoms with Crippen molar-refractivity contribution >= 4 is 11.8 Å². The Balaban J connectivity index is 2.30. The van der Waals surface area contributed by atoms with Gasteiger partial charge in [0.25, 0.3) is 0 Å². The van der Waals surface area contributed by atoms with Crippen molar-refractivity contribution in [1.82, 2.24) is 5.32 Å². The molecule has 0 amide bonds. The van der Waals surface area contributed by atoms with Gasteiger partial charge in [0.1, 0.15) is 0 Å². The SMILES string of the molecule is CCCC(CC)NCC1(O)CCC1SCC. The Morgan fingerprint density at radius 3 is 2.62 bits per heavy atom. The molecule has 0 aromatic heterocycles. The first-order valence-electron chi connectivity index (χ1n) is 6.73. The lowest BCUT2D eigenvalue weighted by Gasteiger charge is -2.45. The number of thioether (sulfide) groups is 1. The Kier molecular flexibility index (Phi) is 6.16. The fourth-order valence-corrected chi connectivity index (χ4v) is 3.56. The van der Waals surface area contributed by atoms with Crippen LogP contribution in [0.2, 0.25) is 0 Å². The molecule has 16 heavy (non-hydrogen) atoms. The lowest BCUT2D eigenvalue weighted by Crippen LogP contribution is -2.57. The van der Waals surface area contributed by atoms with E-state index in [0.29, 0.717) is 11.3 Å². The molecule has 1 saturated carbocycles. The van der Waals surface area contributed by atoms with E-state index in [9.17, 15) is 5.11 Å². The van der Waals surface area contributed by atoms with Gasteiger partial charge in [-0.15, -0.1) is 0 Å². The monoisotopic (exact) mass is 245 g/mol. The summed E-state index contributed by atoms with van der Waals surface area (Å²) in [6.45, 7) is 7.39. The van der Waals surface area contributed by atoms with Crippen molar-refractivity contribution < 1.29 is 5.11 Å². The first-order valence-corrected chi connectivity index (χ1v) is 7.78. The normalized spacial score (nSPS) is 31.1. The summed E-state index contributed by atoms with van der Waals surface area (Å²) in [5.74, 6) is 1.11. The van der Waals surface area contributed by atoms with Crippen molar-refractivity contribution in [3.63, 3.8) is 0 Å². The first kappa shape index (κ1) is 14.3. The van der Waals surface area contributed by atoms with Crippen molar-refractivity contribution in [3.05, 3.63) is 0 Å². The second-order valence-corrected chi connectivity index (χ2v) is 6.34. The van der Waals surface area contributed by atoms with Crippen LogP contribution in [0.15, 0.2) is 0 Å². The molecule has 1 aliphatic rings. The van der Waals surface area contributed by atoms with E-state index in [0.717, 1.165) is 25.1 Å². The van der Waals surface area contributed by atoms with Crippen LogP contribution >= 0.6 is 11.8 Å². The predicted molar refractivity (Wildman–Crippen MR) is 73.1 cm³/mol. The van der Waals surface area contributed by atoms with E-state index >= 15 is 0 Å². The maximum atomic E-state index is 10.4. The van der Waals surface area contributed by atoms with Crippen molar-refractivity contribution in [2.75, 3.05) is 12.3 Å². The van der Waals surface area contributed by atoms with Crippen molar-refractivity contribution in [1.29, 1.82) is 0 Å². The van der Waals surface area contributed by atoms with Gasteiger partial charge in [0.15, 0.2) is 0 Å². The van der Waals surface area contributed by atoms with Gasteiger partial charge >= 0.3 is 0 Å². The van der Waals surface area contributed by atoms with Crippen molar-refractivity contribution in [2.24, 2.45) is 0 Å². The number of rotatable bonds is 8. The van der Waals surface area contributed by atoms with Crippen LogP contribution in [0.25, 0.3) is 0 Å². The molecule has 0 saturated heterocycles. The van der Waals surface area contributed by atoms with E-state index in [1.165, 1.54) is 19.3 Å². The van der Waals surface area contributed by atoms with Crippen LogP contribution in [0.5, 0.6) is 0 Å². The lowest BCUT2D eigenvalue weighted by molar-refractivity contribution is -0.0255. The standard InChI is InChI=1S/C13H27NOS/c1-4-7-11(5-2)14-10-13(15)9-8-12(13)16-6-3/h11-12,14-15H,4-10H2,1-3H3. The summed E-state index contributed by atoms with van der Waals surface area (Å²) < 4.78 is 0. The zero-order valence-electron chi connectivity index (χ0n) is 11.0. The molecule has 3 heteroatoms. The zero-order chi connectivity index (χ0) is 12.0. The third-order valence-electron chi connectivity index (χ3n) is 3.63. The fraction of sp³-hybridized carbons (Fsp3) is 1.00. The molecule has 0 aliphatic heterocycles. The minimum Gasteiger partial charge on any atom is -0.387 e. The van der Waals surface area contributed by atoms with Gasteiger partial charge in [0.2, 0.25) is 0 Å². The van der Waals surface area contributed by atoms with Gasteiger partial charge in [0.05, 0.1) is 5.60 Å². The highest BCUT2D eigenvalue weighted by Gasteiger charge is 2.44. The second kappa shape index (κ2) is 6.87. The predicted octanol–water partition coefficient (Wildman–Crippen LogP) is 2.80. The minimum atomic E-state index is -0.429. The quantitative estimate of drug-likeness (QED) is 0.690. The molecule has 3 atom stereocenters. The molecule has 2 N–H and O–H groups in total. The molecule has 0 spiro atoms. The van der Waals surface area contributed by atoms with Crippen LogP contribution in [0.4, 0.5) is 0 Å². The van der Waals surface area contributed by atoms with Crippen molar-refractivity contribution in [2.45, 2.75) is 69.8 Å². The lowest BCUT2D eigenvalue weighted by atomic mass is 9.79. The van der Waals surface area contributed by atoms with Crippen LogP contribution in [0.1, 0.15) is 52.9 Å². The van der Waals surface area contributed by atoms with Crippen molar-refractivity contribution in [3.8, 4) is 0 Å². The first-order chi connectivity index (χ1) is 7.66. The summed E-state index contributed by atoms with van der Waals surface area (Å²) in [4.78, 5) is 0. The molecule has 1 aliphatic carbocycles. The van der Waals surface area contributed by atoms with Crippen LogP contribution in [0.3, 0.4) is 0 Å². The third kappa shape index (κ3) is 3.64. The molecule has 0 radical (unpaired) electrons. The largest absolute Gasteiger partial charge is 0.387 e. The summed E-state index contributed by atoms with van der Waals surface area (Å²) in [6, 6.07) is 0.585. The Hall–Kier alpha value is 0.270. The highest BCUT2D eigenvalue weighted by Crippen LogP contribution is 2.40. The molecule has 0 bridgehead atoms. The van der Waals surface area contributed by atoms with E-state index < -0.39 is 5.60 Å². The Morgan fingerprint density at radius 1 is 1.44 bits per heavy atom. The molecular weight excluding hydrogens is 218 g/mol. The summed E-state index contributed by atoms with van der Waals surface area (Å²) in [5, 5.41) is 14.4. The average Bonchev–Trinajstić information content (AvgIpc) is 2.29. The van der Waals surface area contributed by atoms with Crippen LogP contribution < -0.4 is 5.32 Å². The molecule has 2 nitrogen and oxygen atoms in total. The number of hydrogen-bond acceptors (Lipinski definition) is 3. The summed E-state index contributed by atoms with van der Waals surface area (Å²) in [7, 11) is 0. The zero-order valence-corrected chi connectivity index (χ0v) is 11.8. The van der Waals surface area contributed by atoms with E-state index in [-0.39, 0.29) is 0 Å². The maximum Gasteiger partial charge on any atom is 0.0889 e. The topological polar surface area (TPSA) is 32.3 Å². The van der Waals surface area contributed by atoms with Gasteiger partial charge in [-0.3, -0.25) is 0 Å². The Labute approximate surface area is 105 Å². The highest BCUT2D eigenvalue weighted by atomic mass is 32.2. The third-order valence-corrected chi connectivity index (χ3v) is 5.04. The molecule has 96 valence electrons. The van der Waals surface area contributed by atoms with Gasteiger partial charge in [-0.1, -0.05) is 27.2 Å². The van der Waals surface area contributed by atoms with Crippen LogP contribution in [-0.2, 0) is 0 Å². The van der Waals surface area contributed by atoms with E-state index in [2.05, 4.69) is 26.1 Å². The van der Waals surface area contributed by atoms with Gasteiger partial charge < -0.3 is 10.4 Å². The minimum absolute atomic E-state index is 0.429. The highest BCUT2D eigenvalue weighted by molar-refractivity contribution is 8.00. The summed E-state index contributed by atoms with van der Waals surface area (Å²) >= 11 is 1.91. The van der Waals surface area contributed by atoms with Gasteiger partial charge in [-0.2, -0.15) is 11.8 Å². The second-order valence-electron chi connectivity index (χ2n) is 4.86. The molecule has 0 aromatic rings. The smallest absolute Gasteiger partial charge is 0.0889 e. The van der Waals surface area contributed by atoms with Gasteiger partial charge in [0, 0.05) is 17.8 Å². The number of nitrogens with one attached hydrogen (secondary N) is 1. The molecular formula is C13H27NOS. The molecule has 1 rings (SSSR count). The summed E-state index contributed by atoms with van der Waals surface area (Å²) in [5.41, 5.74) is -0.429. The van der Waals surface area contributed by atoms with Gasteiger partial charge in [-0.25, -0.2) is 0 Å². The molecule has 0 aromatic carbocycles. The van der Waals surface area contributed by atoms with E-state index in [1.807, 2.05) is 11.8 Å². The van der Waals surface area contributed by atoms with Crippen LogP contribution in [0, 0.1) is 0 Å². The number of hydrogen-bond donors (Lipinski definition) is 2. The maximum absolute atomic E-state index is 10.4. The molecule has 1 fully saturated rings. The summed E-state index contributed by atoms with van der Waals surface area (Å²) in [6.07, 6.45) is 5.76. The van der Waals surface area contributed by atoms with Gasteiger partial charge in [-0.05, 0) is 31.4 Å². The fourth-order valence-electron chi connectivity index (χ4n) is 2.36. The average molecular weight is 245 g/mol. The van der Waals surface area contributed by atoms with E-state index in [1.54, 1.807) is 0 Å². The Morgan fingerprint density at radius 2 is 2.19 bits per heavy atom. The van der Waals surface area contributed by atoms with E-state index in [4.69, 9.17) is 0 Å². The molecule has 3 unspecified atom stereocenters. The number of aliphatic hydroxyl groups is 1. The van der Waals surface area contributed by atoms with Crippen LogP contribution in [-0.4, -0.2) is 34.3 Å².